The van der Waals surface area contributed by atoms with Crippen LogP contribution in [0.15, 0.2) is 0 Å². The largest absolute Gasteiger partial charge is 0.376 e. The molecule has 0 aliphatic carbocycles. The lowest BCUT2D eigenvalue weighted by molar-refractivity contribution is -0.0595. The Balaban J connectivity index is 2.03. The molecule has 0 saturated carbocycles. The van der Waals surface area contributed by atoms with E-state index in [0.717, 1.165) is 31.8 Å². The minimum atomic E-state index is 0.285. The summed E-state index contributed by atoms with van der Waals surface area (Å²) in [5, 5.41) is 4.06. The molecule has 0 spiro atoms. The van der Waals surface area contributed by atoms with Crippen molar-refractivity contribution < 1.29 is 4.74 Å². The van der Waals surface area contributed by atoms with Crippen molar-refractivity contribution in [1.82, 2.24) is 14.5 Å². The van der Waals surface area contributed by atoms with Crippen LogP contribution < -0.4 is 0 Å². The summed E-state index contributed by atoms with van der Waals surface area (Å²) in [6, 6.07) is 0.467. The van der Waals surface area contributed by atoms with Gasteiger partial charge in [-0.15, -0.1) is 5.10 Å². The second kappa shape index (κ2) is 5.40. The molecule has 0 bridgehead atoms. The van der Waals surface area contributed by atoms with E-state index in [2.05, 4.69) is 28.3 Å². The van der Waals surface area contributed by atoms with Crippen LogP contribution in [-0.4, -0.2) is 39.8 Å². The van der Waals surface area contributed by atoms with E-state index in [9.17, 15) is 0 Å². The van der Waals surface area contributed by atoms with E-state index in [0.29, 0.717) is 10.4 Å². The Morgan fingerprint density at radius 1 is 1.62 bits per heavy atom. The van der Waals surface area contributed by atoms with Crippen molar-refractivity contribution in [1.29, 1.82) is 0 Å². The van der Waals surface area contributed by atoms with E-state index in [1.165, 1.54) is 11.5 Å². The summed E-state index contributed by atoms with van der Waals surface area (Å²) in [7, 11) is 0. The average molecular weight is 262 g/mol. The highest BCUT2D eigenvalue weighted by atomic mass is 35.5. The molecule has 1 aromatic rings. The number of halogens is 1. The zero-order valence-electron chi connectivity index (χ0n) is 9.52. The first-order chi connectivity index (χ1) is 7.70. The van der Waals surface area contributed by atoms with Gasteiger partial charge in [-0.25, -0.2) is 0 Å². The monoisotopic (exact) mass is 261 g/mol. The minimum Gasteiger partial charge on any atom is -0.376 e. The third-order valence-electron chi connectivity index (χ3n) is 2.91. The Morgan fingerprint density at radius 3 is 3.06 bits per heavy atom. The molecule has 1 aliphatic heterocycles. The molecular formula is C10H16ClN3OS. The van der Waals surface area contributed by atoms with E-state index >= 15 is 0 Å². The maximum atomic E-state index is 6.02. The lowest BCUT2D eigenvalue weighted by atomic mass is 10.1. The van der Waals surface area contributed by atoms with Gasteiger partial charge in [-0.1, -0.05) is 23.0 Å². The summed E-state index contributed by atoms with van der Waals surface area (Å²) in [6.45, 7) is 6.79. The summed E-state index contributed by atoms with van der Waals surface area (Å²) in [5.41, 5.74) is 0.888. The van der Waals surface area contributed by atoms with E-state index in [4.69, 9.17) is 16.3 Å². The topological polar surface area (TPSA) is 38.2 Å². The molecule has 4 nitrogen and oxygen atoms in total. The van der Waals surface area contributed by atoms with Crippen molar-refractivity contribution in [3.8, 4) is 0 Å². The molecular weight excluding hydrogens is 246 g/mol. The van der Waals surface area contributed by atoms with Crippen LogP contribution in [0.2, 0.25) is 4.34 Å². The first-order valence-corrected chi connectivity index (χ1v) is 6.68. The van der Waals surface area contributed by atoms with Crippen LogP contribution in [0.4, 0.5) is 0 Å². The zero-order valence-corrected chi connectivity index (χ0v) is 11.1. The van der Waals surface area contributed by atoms with Gasteiger partial charge in [0.2, 0.25) is 0 Å². The molecule has 2 rings (SSSR count). The molecule has 1 aliphatic rings. The normalized spacial score (nSPS) is 27.2. The van der Waals surface area contributed by atoms with E-state index < -0.39 is 0 Å². The fourth-order valence-corrected chi connectivity index (χ4v) is 2.58. The van der Waals surface area contributed by atoms with Gasteiger partial charge in [0.25, 0.3) is 0 Å². The van der Waals surface area contributed by atoms with Gasteiger partial charge in [0, 0.05) is 30.7 Å². The summed E-state index contributed by atoms with van der Waals surface area (Å²) in [5.74, 6) is 0. The summed E-state index contributed by atoms with van der Waals surface area (Å²) in [4.78, 5) is 2.39. The molecule has 2 unspecified atom stereocenters. The van der Waals surface area contributed by atoms with Gasteiger partial charge < -0.3 is 4.74 Å². The average Bonchev–Trinajstić information content (AvgIpc) is 2.65. The second-order valence-corrected chi connectivity index (χ2v) is 5.48. The van der Waals surface area contributed by atoms with Crippen LogP contribution in [0, 0.1) is 0 Å². The maximum Gasteiger partial charge on any atom is 0.138 e. The number of morpholine rings is 1. The summed E-state index contributed by atoms with van der Waals surface area (Å²) < 4.78 is 10.2. The van der Waals surface area contributed by atoms with Gasteiger partial charge >= 0.3 is 0 Å². The highest BCUT2D eigenvalue weighted by molar-refractivity contribution is 7.10. The van der Waals surface area contributed by atoms with E-state index in [-0.39, 0.29) is 6.10 Å². The Kier molecular flexibility index (Phi) is 4.13. The van der Waals surface area contributed by atoms with Gasteiger partial charge in [0.1, 0.15) is 10.0 Å². The fraction of sp³-hybridized carbons (Fsp3) is 0.800. The third kappa shape index (κ3) is 2.71. The third-order valence-corrected chi connectivity index (χ3v) is 3.90. The van der Waals surface area contributed by atoms with Crippen LogP contribution in [0.5, 0.6) is 0 Å². The molecule has 1 saturated heterocycles. The lowest BCUT2D eigenvalue weighted by Crippen LogP contribution is -2.47. The predicted octanol–water partition coefficient (Wildman–Crippen LogP) is 2.19. The first kappa shape index (κ1) is 12.2. The van der Waals surface area contributed by atoms with Crippen molar-refractivity contribution in [2.24, 2.45) is 0 Å². The first-order valence-electron chi connectivity index (χ1n) is 5.53. The summed E-state index contributed by atoms with van der Waals surface area (Å²) >= 11 is 7.27. The zero-order chi connectivity index (χ0) is 11.5. The molecule has 0 aromatic carbocycles. The van der Waals surface area contributed by atoms with Crippen LogP contribution in [0.3, 0.4) is 0 Å². The van der Waals surface area contributed by atoms with Crippen molar-refractivity contribution >= 4 is 23.1 Å². The van der Waals surface area contributed by atoms with Crippen molar-refractivity contribution in [2.75, 3.05) is 13.2 Å². The van der Waals surface area contributed by atoms with E-state index in [1.54, 1.807) is 0 Å². The minimum absolute atomic E-state index is 0.285. The molecule has 90 valence electrons. The van der Waals surface area contributed by atoms with Gasteiger partial charge in [-0.2, -0.15) is 0 Å². The van der Waals surface area contributed by atoms with Crippen molar-refractivity contribution in [2.45, 2.75) is 39.0 Å². The Labute approximate surface area is 105 Å². The molecule has 16 heavy (non-hydrogen) atoms. The number of rotatable bonds is 3. The SMILES string of the molecule is CCC1COC(C)CN1Cc1nnsc1Cl. The van der Waals surface area contributed by atoms with Gasteiger partial charge in [-0.3, -0.25) is 4.90 Å². The Morgan fingerprint density at radius 2 is 2.44 bits per heavy atom. The molecule has 6 heteroatoms. The van der Waals surface area contributed by atoms with Gasteiger partial charge in [-0.05, 0) is 13.3 Å². The van der Waals surface area contributed by atoms with Crippen LogP contribution in [0.1, 0.15) is 26.0 Å². The Hall–Kier alpha value is -0.230. The molecule has 1 aromatic heterocycles. The molecule has 0 amide bonds. The van der Waals surface area contributed by atoms with E-state index in [1.807, 2.05) is 0 Å². The highest BCUT2D eigenvalue weighted by Crippen LogP contribution is 2.22. The molecule has 0 radical (unpaired) electrons. The molecule has 0 N–H and O–H groups in total. The Bertz CT molecular complexity index is 347. The summed E-state index contributed by atoms with van der Waals surface area (Å²) in [6.07, 6.45) is 1.37. The number of hydrogen-bond donors (Lipinski definition) is 0. The smallest absolute Gasteiger partial charge is 0.138 e. The highest BCUT2D eigenvalue weighted by Gasteiger charge is 2.26. The number of ether oxygens (including phenoxy) is 1. The molecule has 2 atom stereocenters. The standard InChI is InChI=1S/C10H16ClN3OS/c1-3-8-6-15-7(2)4-14(8)5-9-10(11)16-13-12-9/h7-8H,3-6H2,1-2H3. The predicted molar refractivity (Wildman–Crippen MR) is 64.8 cm³/mol. The van der Waals surface area contributed by atoms with Crippen LogP contribution in [0.25, 0.3) is 0 Å². The van der Waals surface area contributed by atoms with Crippen LogP contribution in [-0.2, 0) is 11.3 Å². The molecule has 1 fully saturated rings. The molecule has 2 heterocycles. The lowest BCUT2D eigenvalue weighted by Gasteiger charge is -2.37. The number of hydrogen-bond acceptors (Lipinski definition) is 5. The fourth-order valence-electron chi connectivity index (χ4n) is 1.97. The van der Waals surface area contributed by atoms with Gasteiger partial charge in [0.15, 0.2) is 0 Å². The van der Waals surface area contributed by atoms with Gasteiger partial charge in [0.05, 0.1) is 12.7 Å². The maximum absolute atomic E-state index is 6.02. The van der Waals surface area contributed by atoms with Crippen molar-refractivity contribution in [3.05, 3.63) is 10.0 Å². The number of nitrogens with zero attached hydrogens (tertiary/aromatic N) is 3. The second-order valence-electron chi connectivity index (χ2n) is 4.13. The quantitative estimate of drug-likeness (QED) is 0.836. The van der Waals surface area contributed by atoms with Crippen molar-refractivity contribution in [3.63, 3.8) is 0 Å². The van der Waals surface area contributed by atoms with Crippen LogP contribution >= 0.6 is 23.1 Å². The number of aromatic nitrogens is 2.